The largest absolute Gasteiger partial charge is 0.310 e. The van der Waals surface area contributed by atoms with Crippen LogP contribution < -0.4 is 9.80 Å². The fraction of sp³-hybridized carbons (Fsp3) is 0.0870. The number of fused-ring (bicyclic) bond motifs is 19. The van der Waals surface area contributed by atoms with E-state index >= 15 is 0 Å². The quantitative estimate of drug-likeness (QED) is 0.140. The third-order valence-corrected chi connectivity index (χ3v) is 24.5. The smallest absolute Gasteiger partial charge is 0.0540 e. The number of anilines is 6. The van der Waals surface area contributed by atoms with E-state index in [-0.39, 0.29) is 16.2 Å². The number of hydrogen-bond donors (Lipinski definition) is 0. The second kappa shape index (κ2) is 20.3. The fourth-order valence-corrected chi connectivity index (χ4v) is 19.3. The van der Waals surface area contributed by atoms with Crippen molar-refractivity contribution in [3.8, 4) is 33.4 Å². The second-order valence-corrected chi connectivity index (χ2v) is 30.3. The summed E-state index contributed by atoms with van der Waals surface area (Å²) in [4.78, 5) is 4.97. The molecule has 2 nitrogen and oxygen atoms in total. The highest BCUT2D eigenvalue weighted by atomic mass is 32.1. The van der Waals surface area contributed by atoms with E-state index < -0.39 is 0 Å². The minimum atomic E-state index is -0.371. The first-order valence-corrected chi connectivity index (χ1v) is 35.2. The Kier molecular flexibility index (Phi) is 11.8. The summed E-state index contributed by atoms with van der Waals surface area (Å²) in [7, 11) is 0. The van der Waals surface area contributed by atoms with Crippen molar-refractivity contribution in [2.75, 3.05) is 9.80 Å². The third kappa shape index (κ3) is 8.10. The van der Waals surface area contributed by atoms with E-state index in [9.17, 15) is 0 Å². The Morgan fingerprint density at radius 3 is 1.35 bits per heavy atom. The summed E-state index contributed by atoms with van der Waals surface area (Å²) in [6.07, 6.45) is 9.26. The maximum atomic E-state index is 2.49. The minimum Gasteiger partial charge on any atom is -0.310 e. The van der Waals surface area contributed by atoms with Crippen LogP contribution in [0.25, 0.3) is 120 Å². The zero-order valence-electron chi connectivity index (χ0n) is 54.0. The number of rotatable bonds is 8. The average molecular weight is 1260 g/mol. The molecule has 3 heterocycles. The number of thiophene rings is 2. The minimum absolute atomic E-state index is 0.182. The second-order valence-electron chi connectivity index (χ2n) is 28.2. The van der Waals surface area contributed by atoms with Crippen molar-refractivity contribution in [1.29, 1.82) is 0 Å². The standard InChI is InChI=1S/C92H64N2S2/c1-90(2)78-46-55(24-25-56-30-40-69-70-42-34-64(53-81(70)91(3,4)80(69)48-56)93(84-20-12-15-59-14-6-7-17-66(59)84)62-36-44-88-76(51-62)73-18-8-10-22-86(73)95-88)28-38-67(78)68-39-29-57(47-79(68)90)26-27-58-31-41-71-72-43-35-65-54-83(72)92(5,82(71)49-58)61-33-32-60-16-13-21-85(75(60)50-61)94(65)63-37-45-89-77(52-63)74-19-9-11-23-87(74)96-89/h6-54H,1-5H3/b25-24+,27-26+. The van der Waals surface area contributed by atoms with Crippen LogP contribution in [0, 0.1) is 0 Å². The number of benzene rings is 14. The summed E-state index contributed by atoms with van der Waals surface area (Å²) in [5, 5.41) is 10.2. The zero-order valence-corrected chi connectivity index (χ0v) is 55.6. The van der Waals surface area contributed by atoms with E-state index in [1.807, 2.05) is 22.7 Å². The van der Waals surface area contributed by atoms with Gasteiger partial charge in [0, 0.05) is 90.1 Å². The van der Waals surface area contributed by atoms with Gasteiger partial charge in [0.2, 0.25) is 0 Å². The van der Waals surface area contributed by atoms with Gasteiger partial charge in [0.25, 0.3) is 0 Å². The van der Waals surface area contributed by atoms with Gasteiger partial charge in [0.05, 0.1) is 11.4 Å². The fourth-order valence-electron chi connectivity index (χ4n) is 17.2. The summed E-state index contributed by atoms with van der Waals surface area (Å²) in [6, 6.07) is 104. The maximum Gasteiger partial charge on any atom is 0.0540 e. The van der Waals surface area contributed by atoms with Crippen LogP contribution in [0.3, 0.4) is 0 Å². The van der Waals surface area contributed by atoms with E-state index in [2.05, 4.69) is 342 Å². The van der Waals surface area contributed by atoms with Crippen molar-refractivity contribution >= 4 is 143 Å². The molecule has 1 aliphatic heterocycles. The van der Waals surface area contributed by atoms with E-state index in [0.29, 0.717) is 0 Å². The van der Waals surface area contributed by atoms with Crippen molar-refractivity contribution < 1.29 is 0 Å². The van der Waals surface area contributed by atoms with Crippen molar-refractivity contribution in [2.24, 2.45) is 0 Å². The molecule has 96 heavy (non-hydrogen) atoms. The Bertz CT molecular complexity index is 6140. The lowest BCUT2D eigenvalue weighted by Crippen LogP contribution is -2.22. The van der Waals surface area contributed by atoms with Crippen molar-refractivity contribution in [1.82, 2.24) is 0 Å². The first kappa shape index (κ1) is 55.6. The van der Waals surface area contributed by atoms with Gasteiger partial charge < -0.3 is 9.80 Å². The summed E-state index contributed by atoms with van der Waals surface area (Å²) in [5.74, 6) is 0. The Morgan fingerprint density at radius 1 is 0.302 bits per heavy atom. The van der Waals surface area contributed by atoms with Crippen LogP contribution in [0.1, 0.15) is 95.8 Å². The summed E-state index contributed by atoms with van der Waals surface area (Å²) < 4.78 is 5.26. The lowest BCUT2D eigenvalue weighted by molar-refractivity contribution is 0.660. The molecule has 0 spiro atoms. The van der Waals surface area contributed by atoms with Gasteiger partial charge in [0.1, 0.15) is 0 Å². The summed E-state index contributed by atoms with van der Waals surface area (Å²) >= 11 is 3.74. The van der Waals surface area contributed by atoms with Crippen LogP contribution in [0.4, 0.5) is 34.1 Å². The topological polar surface area (TPSA) is 6.48 Å². The van der Waals surface area contributed by atoms with Gasteiger partial charge in [-0.1, -0.05) is 228 Å². The monoisotopic (exact) mass is 1260 g/mol. The molecule has 0 radical (unpaired) electrons. The van der Waals surface area contributed by atoms with E-state index in [0.717, 1.165) is 11.4 Å². The molecule has 4 aliphatic rings. The highest BCUT2D eigenvalue weighted by Crippen LogP contribution is 2.58. The highest BCUT2D eigenvalue weighted by molar-refractivity contribution is 7.26. The van der Waals surface area contributed by atoms with Crippen LogP contribution in [0.5, 0.6) is 0 Å². The first-order chi connectivity index (χ1) is 46.9. The van der Waals surface area contributed by atoms with Crippen LogP contribution in [-0.4, -0.2) is 0 Å². The average Bonchev–Trinajstić information content (AvgIpc) is 1.54. The van der Waals surface area contributed by atoms with E-state index in [1.54, 1.807) is 0 Å². The molecule has 2 aromatic heterocycles. The Morgan fingerprint density at radius 2 is 0.729 bits per heavy atom. The first-order valence-electron chi connectivity index (χ1n) is 33.6. The molecule has 0 N–H and O–H groups in total. The molecule has 0 saturated carbocycles. The van der Waals surface area contributed by atoms with Gasteiger partial charge in [0.15, 0.2) is 0 Å². The number of hydrogen-bond acceptors (Lipinski definition) is 4. The molecular weight excluding hydrogens is 1200 g/mol. The predicted molar refractivity (Wildman–Crippen MR) is 413 cm³/mol. The molecule has 0 fully saturated rings. The lowest BCUT2D eigenvalue weighted by Gasteiger charge is -2.29. The zero-order chi connectivity index (χ0) is 63.9. The van der Waals surface area contributed by atoms with Crippen molar-refractivity contribution in [3.05, 3.63) is 334 Å². The Labute approximate surface area is 567 Å². The van der Waals surface area contributed by atoms with Crippen LogP contribution in [0.15, 0.2) is 273 Å². The Balaban J connectivity index is 0.581. The van der Waals surface area contributed by atoms with Crippen LogP contribution >= 0.6 is 22.7 Å². The molecule has 4 heteroatoms. The molecule has 4 bridgehead atoms. The Hall–Kier alpha value is -10.9. The van der Waals surface area contributed by atoms with Crippen LogP contribution in [-0.2, 0) is 16.2 Å². The lowest BCUT2D eigenvalue weighted by atomic mass is 9.73. The molecule has 20 rings (SSSR count). The van der Waals surface area contributed by atoms with Gasteiger partial charge in [-0.2, -0.15) is 0 Å². The van der Waals surface area contributed by atoms with Crippen LogP contribution in [0.2, 0.25) is 0 Å². The van der Waals surface area contributed by atoms with E-state index in [4.69, 9.17) is 0 Å². The predicted octanol–water partition coefficient (Wildman–Crippen LogP) is 26.3. The van der Waals surface area contributed by atoms with Crippen molar-refractivity contribution in [2.45, 2.75) is 50.9 Å². The van der Waals surface area contributed by atoms with Gasteiger partial charge in [-0.3, -0.25) is 0 Å². The SMILES string of the molecule is CC1(C)c2cc(/C=C/c3ccc4c(c3)C(C)(C)c3cc(N(c5ccc6sc7ccccc7c6c5)c5cccc6ccccc56)ccc3-4)ccc2-c2ccc(/C=C/c3ccc4c(c3)C3(C)c5ccc6cccc(c6c5)N(c5ccc6sc7ccccc7c6c5)c5ccc-4c3c5)cc21. The molecular formula is C92H64N2S2. The molecule has 1 unspecified atom stereocenters. The molecule has 1 atom stereocenters. The van der Waals surface area contributed by atoms with Gasteiger partial charge >= 0.3 is 0 Å². The molecule has 16 aromatic rings. The molecule has 0 saturated heterocycles. The molecule has 3 aliphatic carbocycles. The normalized spacial score (nSPS) is 15.9. The van der Waals surface area contributed by atoms with Gasteiger partial charge in [-0.15, -0.1) is 22.7 Å². The molecule has 454 valence electrons. The molecule has 14 aromatic carbocycles. The highest BCUT2D eigenvalue weighted by Gasteiger charge is 2.43. The number of nitrogens with zero attached hydrogens (tertiary/aromatic N) is 2. The van der Waals surface area contributed by atoms with Gasteiger partial charge in [-0.25, -0.2) is 0 Å². The summed E-state index contributed by atoms with van der Waals surface area (Å²) in [6.45, 7) is 12.1. The van der Waals surface area contributed by atoms with E-state index in [1.165, 1.54) is 179 Å². The van der Waals surface area contributed by atoms with Gasteiger partial charge in [-0.05, 0) is 209 Å². The van der Waals surface area contributed by atoms with Crippen molar-refractivity contribution in [3.63, 3.8) is 0 Å². The molecule has 0 amide bonds. The summed E-state index contributed by atoms with van der Waals surface area (Å²) in [5.41, 5.74) is 28.4. The maximum absolute atomic E-state index is 2.49. The third-order valence-electron chi connectivity index (χ3n) is 22.2.